The van der Waals surface area contributed by atoms with Crippen LogP contribution in [-0.2, 0) is 11.2 Å². The average molecular weight is 326 g/mol. The molecule has 4 heteroatoms. The molecule has 24 heavy (non-hydrogen) atoms. The van der Waals surface area contributed by atoms with Crippen LogP contribution in [0.2, 0.25) is 0 Å². The van der Waals surface area contributed by atoms with Gasteiger partial charge in [-0.05, 0) is 31.0 Å². The normalized spacial score (nSPS) is 11.8. The Labute approximate surface area is 144 Å². The largest absolute Gasteiger partial charge is 0.493 e. The zero-order valence-electron chi connectivity index (χ0n) is 14.4. The van der Waals surface area contributed by atoms with Crippen molar-refractivity contribution in [3.05, 3.63) is 60.2 Å². The molecule has 0 radical (unpaired) electrons. The van der Waals surface area contributed by atoms with E-state index >= 15 is 0 Å². The Morgan fingerprint density at radius 2 is 1.92 bits per heavy atom. The van der Waals surface area contributed by atoms with Crippen molar-refractivity contribution >= 4 is 11.6 Å². The third-order valence-electron chi connectivity index (χ3n) is 3.84. The van der Waals surface area contributed by atoms with Gasteiger partial charge in [0.15, 0.2) is 0 Å². The first-order valence-electron chi connectivity index (χ1n) is 8.47. The van der Waals surface area contributed by atoms with Crippen molar-refractivity contribution in [1.29, 1.82) is 0 Å². The van der Waals surface area contributed by atoms with Crippen molar-refractivity contribution in [1.82, 2.24) is 5.32 Å². The molecule has 0 aliphatic heterocycles. The van der Waals surface area contributed by atoms with Crippen molar-refractivity contribution < 1.29 is 9.53 Å². The molecule has 2 aromatic rings. The number of hydrogen-bond acceptors (Lipinski definition) is 3. The SMILES string of the molecule is CCC(C)NCC(=O)Nc1cccc(OCCc2ccccc2)c1. The minimum atomic E-state index is -0.0447. The van der Waals surface area contributed by atoms with E-state index in [4.69, 9.17) is 4.74 Å². The molecule has 1 amide bonds. The zero-order chi connectivity index (χ0) is 17.2. The van der Waals surface area contributed by atoms with Crippen LogP contribution < -0.4 is 15.4 Å². The highest BCUT2D eigenvalue weighted by atomic mass is 16.5. The van der Waals surface area contributed by atoms with Crippen LogP contribution in [0.15, 0.2) is 54.6 Å². The first kappa shape index (κ1) is 18.0. The molecule has 0 aromatic heterocycles. The van der Waals surface area contributed by atoms with Gasteiger partial charge in [0.25, 0.3) is 0 Å². The second-order valence-corrected chi connectivity index (χ2v) is 5.85. The number of ether oxygens (including phenoxy) is 1. The molecule has 2 rings (SSSR count). The Balaban J connectivity index is 1.79. The Hall–Kier alpha value is -2.33. The molecule has 1 unspecified atom stereocenters. The van der Waals surface area contributed by atoms with Gasteiger partial charge in [0.1, 0.15) is 5.75 Å². The minimum absolute atomic E-state index is 0.0447. The Bertz CT molecular complexity index is 629. The number of hydrogen-bond donors (Lipinski definition) is 2. The van der Waals surface area contributed by atoms with Crippen molar-refractivity contribution in [3.63, 3.8) is 0 Å². The van der Waals surface area contributed by atoms with Gasteiger partial charge in [-0.15, -0.1) is 0 Å². The molecule has 0 bridgehead atoms. The first-order valence-corrected chi connectivity index (χ1v) is 8.47. The summed E-state index contributed by atoms with van der Waals surface area (Å²) in [5.41, 5.74) is 2.00. The Morgan fingerprint density at radius 1 is 1.12 bits per heavy atom. The monoisotopic (exact) mass is 326 g/mol. The lowest BCUT2D eigenvalue weighted by Crippen LogP contribution is -2.33. The molecule has 0 saturated carbocycles. The van der Waals surface area contributed by atoms with Gasteiger partial charge in [-0.3, -0.25) is 4.79 Å². The lowest BCUT2D eigenvalue weighted by atomic mass is 10.2. The number of anilines is 1. The van der Waals surface area contributed by atoms with Crippen molar-refractivity contribution in [3.8, 4) is 5.75 Å². The smallest absolute Gasteiger partial charge is 0.238 e. The summed E-state index contributed by atoms with van der Waals surface area (Å²) >= 11 is 0. The number of carbonyl (C=O) groups excluding carboxylic acids is 1. The molecule has 0 saturated heterocycles. The Kier molecular flexibility index (Phi) is 7.30. The van der Waals surface area contributed by atoms with Crippen LogP contribution in [0.4, 0.5) is 5.69 Å². The quantitative estimate of drug-likeness (QED) is 0.740. The van der Waals surface area contributed by atoms with Crippen molar-refractivity contribution in [2.24, 2.45) is 0 Å². The van der Waals surface area contributed by atoms with Gasteiger partial charge in [0.05, 0.1) is 13.2 Å². The molecule has 1 atom stereocenters. The van der Waals surface area contributed by atoms with E-state index in [0.717, 1.165) is 24.3 Å². The number of carbonyl (C=O) groups is 1. The summed E-state index contributed by atoms with van der Waals surface area (Å²) in [6.07, 6.45) is 1.86. The molecule has 2 N–H and O–H groups in total. The predicted octanol–water partition coefficient (Wildman–Crippen LogP) is 3.63. The van der Waals surface area contributed by atoms with Crippen LogP contribution in [0, 0.1) is 0 Å². The summed E-state index contributed by atoms with van der Waals surface area (Å²) in [7, 11) is 0. The molecule has 4 nitrogen and oxygen atoms in total. The highest BCUT2D eigenvalue weighted by molar-refractivity contribution is 5.92. The second kappa shape index (κ2) is 9.73. The standard InChI is InChI=1S/C20H26N2O2/c1-3-16(2)21-15-20(23)22-18-10-7-11-19(14-18)24-13-12-17-8-5-4-6-9-17/h4-11,14,16,21H,3,12-13,15H2,1-2H3,(H,22,23). The fraction of sp³-hybridized carbons (Fsp3) is 0.350. The van der Waals surface area contributed by atoms with Crippen LogP contribution in [0.25, 0.3) is 0 Å². The molecule has 0 fully saturated rings. The van der Waals surface area contributed by atoms with E-state index in [9.17, 15) is 4.79 Å². The highest BCUT2D eigenvalue weighted by Crippen LogP contribution is 2.17. The van der Waals surface area contributed by atoms with E-state index < -0.39 is 0 Å². The van der Waals surface area contributed by atoms with E-state index in [1.807, 2.05) is 42.5 Å². The molecular weight excluding hydrogens is 300 g/mol. The van der Waals surface area contributed by atoms with Gasteiger partial charge in [-0.1, -0.05) is 43.3 Å². The van der Waals surface area contributed by atoms with Crippen molar-refractivity contribution in [2.45, 2.75) is 32.7 Å². The first-order chi connectivity index (χ1) is 11.7. The highest BCUT2D eigenvalue weighted by Gasteiger charge is 2.05. The van der Waals surface area contributed by atoms with Crippen LogP contribution in [-0.4, -0.2) is 25.1 Å². The van der Waals surface area contributed by atoms with E-state index in [2.05, 4.69) is 36.6 Å². The average Bonchev–Trinajstić information content (AvgIpc) is 2.61. The van der Waals surface area contributed by atoms with Crippen molar-refractivity contribution in [2.75, 3.05) is 18.5 Å². The topological polar surface area (TPSA) is 50.4 Å². The number of nitrogens with one attached hydrogen (secondary N) is 2. The molecule has 0 heterocycles. The van der Waals surface area contributed by atoms with Gasteiger partial charge in [0.2, 0.25) is 5.91 Å². The summed E-state index contributed by atoms with van der Waals surface area (Å²) in [6.45, 7) is 5.07. The van der Waals surface area contributed by atoms with Gasteiger partial charge in [0, 0.05) is 24.2 Å². The molecular formula is C20H26N2O2. The van der Waals surface area contributed by atoms with Crippen LogP contribution >= 0.6 is 0 Å². The molecule has 0 aliphatic rings. The van der Waals surface area contributed by atoms with E-state index in [0.29, 0.717) is 19.2 Å². The summed E-state index contributed by atoms with van der Waals surface area (Å²) < 4.78 is 5.78. The lowest BCUT2D eigenvalue weighted by molar-refractivity contribution is -0.115. The molecule has 0 spiro atoms. The molecule has 2 aromatic carbocycles. The summed E-state index contributed by atoms with van der Waals surface area (Å²) in [6, 6.07) is 18.1. The zero-order valence-corrected chi connectivity index (χ0v) is 14.4. The summed E-state index contributed by atoms with van der Waals surface area (Å²) in [5, 5.41) is 6.06. The van der Waals surface area contributed by atoms with Gasteiger partial charge >= 0.3 is 0 Å². The fourth-order valence-electron chi connectivity index (χ4n) is 2.21. The maximum Gasteiger partial charge on any atom is 0.238 e. The van der Waals surface area contributed by atoms with E-state index in [1.54, 1.807) is 0 Å². The van der Waals surface area contributed by atoms with Gasteiger partial charge in [-0.25, -0.2) is 0 Å². The third-order valence-corrected chi connectivity index (χ3v) is 3.84. The number of rotatable bonds is 9. The fourth-order valence-corrected chi connectivity index (χ4v) is 2.21. The van der Waals surface area contributed by atoms with E-state index in [-0.39, 0.29) is 5.91 Å². The third kappa shape index (κ3) is 6.42. The molecule has 0 aliphatic carbocycles. The maximum absolute atomic E-state index is 11.9. The van der Waals surface area contributed by atoms with E-state index in [1.165, 1.54) is 5.56 Å². The Morgan fingerprint density at radius 3 is 2.67 bits per heavy atom. The van der Waals surface area contributed by atoms with Gasteiger partial charge in [-0.2, -0.15) is 0 Å². The van der Waals surface area contributed by atoms with Crippen LogP contribution in [0.1, 0.15) is 25.8 Å². The van der Waals surface area contributed by atoms with Crippen LogP contribution in [0.5, 0.6) is 5.75 Å². The number of benzene rings is 2. The molecule has 128 valence electrons. The maximum atomic E-state index is 11.9. The predicted molar refractivity (Wildman–Crippen MR) is 98.5 cm³/mol. The van der Waals surface area contributed by atoms with Gasteiger partial charge < -0.3 is 15.4 Å². The van der Waals surface area contributed by atoms with Crippen LogP contribution in [0.3, 0.4) is 0 Å². The second-order valence-electron chi connectivity index (χ2n) is 5.85. The lowest BCUT2D eigenvalue weighted by Gasteiger charge is -2.12. The minimum Gasteiger partial charge on any atom is -0.493 e. The number of amides is 1. The summed E-state index contributed by atoms with van der Waals surface area (Å²) in [4.78, 5) is 11.9. The summed E-state index contributed by atoms with van der Waals surface area (Å²) in [5.74, 6) is 0.718.